The standard InChI is InChI=1S/C15H17FN4O3S/c1-3-19-14(23)12(20(15(19)24)18-9(2)21)8-13(22)17-11-6-4-10(16)5-7-11/h4-7,12H,3,8H2,1-2H3,(H,17,22)(H,18,21). The second kappa shape index (κ2) is 7.35. The number of hydrazine groups is 1. The van der Waals surface area contributed by atoms with Gasteiger partial charge < -0.3 is 5.32 Å². The number of likely N-dealkylation sites (N-methyl/N-ethyl adjacent to an activating group) is 1. The number of benzene rings is 1. The van der Waals surface area contributed by atoms with Crippen LogP contribution in [0.1, 0.15) is 20.3 Å². The van der Waals surface area contributed by atoms with Crippen molar-refractivity contribution in [1.29, 1.82) is 0 Å². The Hall–Kier alpha value is -2.55. The molecule has 1 aliphatic heterocycles. The predicted octanol–water partition coefficient (Wildman–Crippen LogP) is 1.02. The number of thiocarbonyl (C=S) groups is 1. The molecule has 1 atom stereocenters. The summed E-state index contributed by atoms with van der Waals surface area (Å²) < 4.78 is 12.9. The van der Waals surface area contributed by atoms with Crippen molar-refractivity contribution in [3.05, 3.63) is 30.1 Å². The minimum Gasteiger partial charge on any atom is -0.326 e. The Balaban J connectivity index is 2.10. The van der Waals surface area contributed by atoms with Crippen LogP contribution in [-0.2, 0) is 14.4 Å². The summed E-state index contributed by atoms with van der Waals surface area (Å²) in [6.45, 7) is 3.37. The first kappa shape index (κ1) is 17.8. The third-order valence-electron chi connectivity index (χ3n) is 3.40. The van der Waals surface area contributed by atoms with Gasteiger partial charge in [0.15, 0.2) is 5.11 Å². The van der Waals surface area contributed by atoms with Crippen molar-refractivity contribution in [2.24, 2.45) is 0 Å². The molecule has 0 spiro atoms. The van der Waals surface area contributed by atoms with Crippen molar-refractivity contribution in [3.63, 3.8) is 0 Å². The van der Waals surface area contributed by atoms with E-state index in [2.05, 4.69) is 10.7 Å². The van der Waals surface area contributed by atoms with Crippen molar-refractivity contribution in [2.45, 2.75) is 26.3 Å². The maximum atomic E-state index is 12.9. The third kappa shape index (κ3) is 3.85. The fraction of sp³-hybridized carbons (Fsp3) is 0.333. The number of hydrogen-bond acceptors (Lipinski definition) is 4. The molecule has 1 unspecified atom stereocenters. The van der Waals surface area contributed by atoms with Gasteiger partial charge in [0.25, 0.3) is 5.91 Å². The number of halogens is 1. The summed E-state index contributed by atoms with van der Waals surface area (Å²) in [4.78, 5) is 37.2. The van der Waals surface area contributed by atoms with Crippen molar-refractivity contribution < 1.29 is 18.8 Å². The maximum absolute atomic E-state index is 12.9. The predicted molar refractivity (Wildman–Crippen MR) is 89.1 cm³/mol. The topological polar surface area (TPSA) is 81.8 Å². The average molecular weight is 352 g/mol. The highest BCUT2D eigenvalue weighted by Gasteiger charge is 2.43. The molecule has 0 aromatic heterocycles. The van der Waals surface area contributed by atoms with Crippen LogP contribution in [0.5, 0.6) is 0 Å². The molecule has 0 bridgehead atoms. The van der Waals surface area contributed by atoms with E-state index in [1.54, 1.807) is 6.92 Å². The number of hydrogen-bond donors (Lipinski definition) is 2. The van der Waals surface area contributed by atoms with E-state index in [1.165, 1.54) is 41.1 Å². The number of rotatable bonds is 5. The van der Waals surface area contributed by atoms with Crippen LogP contribution in [0, 0.1) is 5.82 Å². The van der Waals surface area contributed by atoms with Crippen LogP contribution in [0.4, 0.5) is 10.1 Å². The number of nitrogens with zero attached hydrogens (tertiary/aromatic N) is 2. The quantitative estimate of drug-likeness (QED) is 0.774. The Labute approximate surface area is 143 Å². The lowest BCUT2D eigenvalue weighted by Crippen LogP contribution is -2.49. The molecule has 0 radical (unpaired) electrons. The zero-order valence-electron chi connectivity index (χ0n) is 13.2. The first-order chi connectivity index (χ1) is 11.3. The molecule has 1 aromatic carbocycles. The zero-order chi connectivity index (χ0) is 17.9. The van der Waals surface area contributed by atoms with Gasteiger partial charge in [-0.15, -0.1) is 0 Å². The molecule has 1 fully saturated rings. The number of amides is 3. The van der Waals surface area contributed by atoms with E-state index in [9.17, 15) is 18.8 Å². The molecule has 1 saturated heterocycles. The molecule has 1 aromatic rings. The minimum absolute atomic E-state index is 0.150. The molecule has 3 amide bonds. The number of carbonyl (C=O) groups is 3. The molecule has 24 heavy (non-hydrogen) atoms. The summed E-state index contributed by atoms with van der Waals surface area (Å²) in [6.07, 6.45) is -0.201. The van der Waals surface area contributed by atoms with Gasteiger partial charge in [0, 0.05) is 19.2 Å². The van der Waals surface area contributed by atoms with Crippen molar-refractivity contribution in [3.8, 4) is 0 Å². The summed E-state index contributed by atoms with van der Waals surface area (Å²) in [5, 5.41) is 3.96. The smallest absolute Gasteiger partial charge is 0.254 e. The fourth-order valence-corrected chi connectivity index (χ4v) is 2.73. The summed E-state index contributed by atoms with van der Waals surface area (Å²) in [5.74, 6) is -1.62. The van der Waals surface area contributed by atoms with Gasteiger partial charge in [-0.1, -0.05) is 0 Å². The van der Waals surface area contributed by atoms with Gasteiger partial charge in [-0.2, -0.15) is 0 Å². The third-order valence-corrected chi connectivity index (χ3v) is 3.82. The van der Waals surface area contributed by atoms with Crippen LogP contribution in [0.3, 0.4) is 0 Å². The number of anilines is 1. The highest BCUT2D eigenvalue weighted by atomic mass is 32.1. The first-order valence-corrected chi connectivity index (χ1v) is 7.71. The molecule has 7 nitrogen and oxygen atoms in total. The SMILES string of the molecule is CCN1C(=O)C(CC(=O)Nc2ccc(F)cc2)N(NC(C)=O)C1=S. The van der Waals surface area contributed by atoms with Crippen LogP contribution >= 0.6 is 12.2 Å². The molecule has 0 aliphatic carbocycles. The summed E-state index contributed by atoms with van der Waals surface area (Å²) in [7, 11) is 0. The second-order valence-electron chi connectivity index (χ2n) is 5.18. The van der Waals surface area contributed by atoms with Gasteiger partial charge in [0.2, 0.25) is 11.8 Å². The molecule has 0 saturated carbocycles. The fourth-order valence-electron chi connectivity index (χ4n) is 2.33. The minimum atomic E-state index is -0.915. The summed E-state index contributed by atoms with van der Waals surface area (Å²) in [6, 6.07) is 4.35. The lowest BCUT2D eigenvalue weighted by molar-refractivity contribution is -0.132. The Bertz CT molecular complexity index is 680. The van der Waals surface area contributed by atoms with Crippen LogP contribution in [0.2, 0.25) is 0 Å². The molecule has 2 N–H and O–H groups in total. The number of carbonyl (C=O) groups excluding carboxylic acids is 3. The highest BCUT2D eigenvalue weighted by molar-refractivity contribution is 7.80. The number of nitrogens with one attached hydrogen (secondary N) is 2. The monoisotopic (exact) mass is 352 g/mol. The van der Waals surface area contributed by atoms with E-state index in [-0.39, 0.29) is 17.4 Å². The molecule has 1 heterocycles. The lowest BCUT2D eigenvalue weighted by atomic mass is 10.2. The maximum Gasteiger partial charge on any atom is 0.254 e. The van der Waals surface area contributed by atoms with E-state index < -0.39 is 23.7 Å². The molecule has 128 valence electrons. The van der Waals surface area contributed by atoms with Gasteiger partial charge >= 0.3 is 0 Å². The Morgan fingerprint density at radius 2 is 1.92 bits per heavy atom. The Morgan fingerprint density at radius 3 is 2.46 bits per heavy atom. The highest BCUT2D eigenvalue weighted by Crippen LogP contribution is 2.19. The first-order valence-electron chi connectivity index (χ1n) is 7.30. The van der Waals surface area contributed by atoms with E-state index in [0.29, 0.717) is 12.2 Å². The molecular weight excluding hydrogens is 335 g/mol. The zero-order valence-corrected chi connectivity index (χ0v) is 14.0. The Morgan fingerprint density at radius 1 is 1.29 bits per heavy atom. The average Bonchev–Trinajstić information content (AvgIpc) is 2.73. The second-order valence-corrected chi connectivity index (χ2v) is 5.54. The van der Waals surface area contributed by atoms with Crippen molar-refractivity contribution in [1.82, 2.24) is 15.3 Å². The van der Waals surface area contributed by atoms with Crippen LogP contribution in [0.25, 0.3) is 0 Å². The van der Waals surface area contributed by atoms with Gasteiger partial charge in [0.1, 0.15) is 11.9 Å². The molecule has 2 rings (SSSR count). The largest absolute Gasteiger partial charge is 0.326 e. The van der Waals surface area contributed by atoms with E-state index in [1.807, 2.05) is 0 Å². The molecule has 1 aliphatic rings. The molecular formula is C15H17FN4O3S. The van der Waals surface area contributed by atoms with E-state index >= 15 is 0 Å². The van der Waals surface area contributed by atoms with E-state index in [0.717, 1.165) is 0 Å². The van der Waals surface area contributed by atoms with Gasteiger partial charge in [-0.05, 0) is 43.4 Å². The normalized spacial score (nSPS) is 17.2. The van der Waals surface area contributed by atoms with Crippen LogP contribution < -0.4 is 10.7 Å². The van der Waals surface area contributed by atoms with Gasteiger partial charge in [-0.25, -0.2) is 9.40 Å². The van der Waals surface area contributed by atoms with Gasteiger partial charge in [0.05, 0.1) is 6.42 Å². The van der Waals surface area contributed by atoms with E-state index in [4.69, 9.17) is 12.2 Å². The molecule has 9 heteroatoms. The lowest BCUT2D eigenvalue weighted by Gasteiger charge is -2.23. The van der Waals surface area contributed by atoms with Crippen molar-refractivity contribution >= 4 is 40.7 Å². The summed E-state index contributed by atoms with van der Waals surface area (Å²) >= 11 is 5.17. The Kier molecular flexibility index (Phi) is 5.45. The van der Waals surface area contributed by atoms with Crippen LogP contribution in [0.15, 0.2) is 24.3 Å². The summed E-state index contributed by atoms with van der Waals surface area (Å²) in [5.41, 5.74) is 2.88. The van der Waals surface area contributed by atoms with Gasteiger partial charge in [-0.3, -0.25) is 24.7 Å². The van der Waals surface area contributed by atoms with Crippen LogP contribution in [-0.4, -0.2) is 45.3 Å². The van der Waals surface area contributed by atoms with Crippen molar-refractivity contribution in [2.75, 3.05) is 11.9 Å².